The van der Waals surface area contributed by atoms with Crippen molar-refractivity contribution >= 4 is 29.3 Å². The first-order valence-corrected chi connectivity index (χ1v) is 10.2. The summed E-state index contributed by atoms with van der Waals surface area (Å²) < 4.78 is 63.1. The van der Waals surface area contributed by atoms with Crippen molar-refractivity contribution in [1.29, 1.82) is 5.26 Å². The molecule has 3 unspecified atom stereocenters. The second-order valence-corrected chi connectivity index (χ2v) is 7.94. The van der Waals surface area contributed by atoms with E-state index < -0.39 is 60.3 Å². The van der Waals surface area contributed by atoms with E-state index >= 15 is 0 Å². The average molecular weight is 503 g/mol. The number of nitriles is 1. The van der Waals surface area contributed by atoms with Gasteiger partial charge in [0.25, 0.3) is 0 Å². The van der Waals surface area contributed by atoms with Crippen LogP contribution in [0.3, 0.4) is 0 Å². The Morgan fingerprint density at radius 3 is 2.31 bits per heavy atom. The van der Waals surface area contributed by atoms with Crippen LogP contribution in [0.1, 0.15) is 13.3 Å². The van der Waals surface area contributed by atoms with Crippen LogP contribution in [0, 0.1) is 17.2 Å². The number of likely N-dealkylation sites (N-methyl/N-ethyl adjacent to an activating group) is 1. The van der Waals surface area contributed by atoms with Gasteiger partial charge in [-0.3, -0.25) is 19.2 Å². The summed E-state index contributed by atoms with van der Waals surface area (Å²) >= 11 is 0. The van der Waals surface area contributed by atoms with Crippen molar-refractivity contribution < 1.29 is 41.1 Å². The largest absolute Gasteiger partial charge is 0.463 e. The predicted octanol–water partition coefficient (Wildman–Crippen LogP) is 1.53. The number of amides is 4. The van der Waals surface area contributed by atoms with Crippen LogP contribution in [0.15, 0.2) is 30.3 Å². The molecule has 1 heterocycles. The summed E-state index contributed by atoms with van der Waals surface area (Å²) in [5.41, 5.74) is 0.522. The number of anilines is 1. The third-order valence-electron chi connectivity index (χ3n) is 5.29. The van der Waals surface area contributed by atoms with E-state index in [1.54, 1.807) is 30.3 Å². The van der Waals surface area contributed by atoms with Gasteiger partial charge in [0.05, 0.1) is 18.5 Å². The van der Waals surface area contributed by atoms with E-state index in [0.29, 0.717) is 10.6 Å². The summed E-state index contributed by atoms with van der Waals surface area (Å²) in [5, 5.41) is 13.3. The second kappa shape index (κ2) is 10.7. The van der Waals surface area contributed by atoms with Crippen molar-refractivity contribution in [1.82, 2.24) is 15.1 Å². The molecule has 0 radical (unpaired) electrons. The summed E-state index contributed by atoms with van der Waals surface area (Å²) in [6.07, 6.45) is -6.11. The summed E-state index contributed by atoms with van der Waals surface area (Å²) in [6.45, 7) is 0.0906. The highest BCUT2D eigenvalue weighted by atomic mass is 19.4. The van der Waals surface area contributed by atoms with Crippen molar-refractivity contribution in [3.63, 3.8) is 0 Å². The molecule has 35 heavy (non-hydrogen) atoms. The summed E-state index contributed by atoms with van der Waals surface area (Å²) in [5.74, 6) is -11.4. The molecule has 1 aliphatic heterocycles. The molecule has 2 N–H and O–H groups in total. The molecule has 190 valence electrons. The molecule has 1 saturated heterocycles. The van der Waals surface area contributed by atoms with E-state index in [0.717, 1.165) is 18.9 Å². The Morgan fingerprint density at radius 1 is 1.17 bits per heavy atom. The molecular formula is C21H22F5N5O4. The van der Waals surface area contributed by atoms with E-state index in [1.165, 1.54) is 5.32 Å². The first-order chi connectivity index (χ1) is 16.2. The fraction of sp³-hybridized carbons (Fsp3) is 0.476. The molecule has 9 nitrogen and oxygen atoms in total. The fourth-order valence-corrected chi connectivity index (χ4v) is 3.37. The third-order valence-corrected chi connectivity index (χ3v) is 5.29. The molecule has 1 aromatic carbocycles. The van der Waals surface area contributed by atoms with E-state index in [9.17, 15) is 46.4 Å². The molecule has 0 bridgehead atoms. The summed E-state index contributed by atoms with van der Waals surface area (Å²) in [7, 11) is 1.07. The van der Waals surface area contributed by atoms with E-state index in [2.05, 4.69) is 5.32 Å². The number of carbonyl (C=O) groups excluding carboxylic acids is 4. The molecule has 1 fully saturated rings. The zero-order valence-electron chi connectivity index (χ0n) is 18.6. The highest BCUT2D eigenvalue weighted by Crippen LogP contribution is 2.35. The maximum Gasteiger partial charge on any atom is 0.463 e. The van der Waals surface area contributed by atoms with Crippen LogP contribution in [-0.2, 0) is 19.2 Å². The molecule has 4 amide bonds. The first-order valence-electron chi connectivity index (χ1n) is 10.2. The summed E-state index contributed by atoms with van der Waals surface area (Å²) in [4.78, 5) is 50.6. The van der Waals surface area contributed by atoms with E-state index in [-0.39, 0.29) is 13.0 Å². The average Bonchev–Trinajstić information content (AvgIpc) is 3.23. The SMILES string of the molecule is CC(NC(=O)C(F)(F)C(F)(F)F)C(=O)N(C)CC(=O)N1CC(C(=O)Nc2ccccc2)CC1C#N. The van der Waals surface area contributed by atoms with Crippen LogP contribution >= 0.6 is 0 Å². The number of benzene rings is 1. The standard InChI is InChI=1S/C21H22F5N5O4/c1-12(28-19(35)20(22,23)21(24,25)26)18(34)30(2)11-16(32)31-10-13(8-15(31)9-27)17(33)29-14-6-4-3-5-7-14/h3-7,12-13,15H,8,10-11H2,1-2H3,(H,28,35)(H,29,33). The Balaban J connectivity index is 1.97. The molecule has 2 rings (SSSR count). The Hall–Kier alpha value is -3.76. The minimum Gasteiger partial charge on any atom is -0.339 e. The van der Waals surface area contributed by atoms with Gasteiger partial charge in [-0.2, -0.15) is 27.2 Å². The normalized spacial score (nSPS) is 18.9. The number of nitrogens with zero attached hydrogens (tertiary/aromatic N) is 3. The number of rotatable bonds is 7. The Bertz CT molecular complexity index is 1010. The molecule has 1 aromatic rings. The Kier molecular flexibility index (Phi) is 8.37. The first kappa shape index (κ1) is 27.5. The molecule has 0 aromatic heterocycles. The minimum absolute atomic E-state index is 0.0392. The van der Waals surface area contributed by atoms with Crippen LogP contribution in [0.4, 0.5) is 27.6 Å². The van der Waals surface area contributed by atoms with Gasteiger partial charge in [-0.15, -0.1) is 0 Å². The molecule has 3 atom stereocenters. The van der Waals surface area contributed by atoms with E-state index in [4.69, 9.17) is 0 Å². The zero-order chi connectivity index (χ0) is 26.6. The maximum atomic E-state index is 13.1. The Morgan fingerprint density at radius 2 is 1.77 bits per heavy atom. The lowest BCUT2D eigenvalue weighted by Gasteiger charge is -2.26. The summed E-state index contributed by atoms with van der Waals surface area (Å²) in [6, 6.07) is 7.60. The van der Waals surface area contributed by atoms with Crippen LogP contribution in [0.2, 0.25) is 0 Å². The van der Waals surface area contributed by atoms with Gasteiger partial charge >= 0.3 is 18.0 Å². The predicted molar refractivity (Wildman–Crippen MR) is 111 cm³/mol. The van der Waals surface area contributed by atoms with Crippen LogP contribution < -0.4 is 10.6 Å². The zero-order valence-corrected chi connectivity index (χ0v) is 18.6. The topological polar surface area (TPSA) is 123 Å². The van der Waals surface area contributed by atoms with Crippen molar-refractivity contribution in [2.24, 2.45) is 5.92 Å². The van der Waals surface area contributed by atoms with Gasteiger partial charge in [-0.1, -0.05) is 18.2 Å². The van der Waals surface area contributed by atoms with Crippen molar-refractivity contribution in [3.8, 4) is 6.07 Å². The van der Waals surface area contributed by atoms with Gasteiger partial charge in [0.2, 0.25) is 17.7 Å². The number of likely N-dealkylation sites (tertiary alicyclic amines) is 1. The monoisotopic (exact) mass is 503 g/mol. The third kappa shape index (κ3) is 6.43. The number of para-hydroxylation sites is 1. The van der Waals surface area contributed by atoms with Gasteiger partial charge in [-0.25, -0.2) is 0 Å². The number of hydrogen-bond acceptors (Lipinski definition) is 5. The highest BCUT2D eigenvalue weighted by Gasteiger charge is 2.63. The maximum absolute atomic E-state index is 13.1. The number of nitrogens with one attached hydrogen (secondary N) is 2. The smallest absolute Gasteiger partial charge is 0.339 e. The number of hydrogen-bond donors (Lipinski definition) is 2. The molecule has 14 heteroatoms. The van der Waals surface area contributed by atoms with Gasteiger partial charge in [-0.05, 0) is 25.5 Å². The Labute approximate surface area is 196 Å². The quantitative estimate of drug-likeness (QED) is 0.547. The van der Waals surface area contributed by atoms with Crippen molar-refractivity contribution in [3.05, 3.63) is 30.3 Å². The number of carbonyl (C=O) groups is 4. The van der Waals surface area contributed by atoms with Crippen molar-refractivity contribution in [2.45, 2.75) is 37.5 Å². The lowest BCUT2D eigenvalue weighted by atomic mass is 10.1. The second-order valence-electron chi connectivity index (χ2n) is 7.94. The van der Waals surface area contributed by atoms with Crippen LogP contribution in [0.5, 0.6) is 0 Å². The van der Waals surface area contributed by atoms with Gasteiger partial charge < -0.3 is 20.4 Å². The molecule has 0 spiro atoms. The van der Waals surface area contributed by atoms with Gasteiger partial charge in [0.15, 0.2) is 0 Å². The van der Waals surface area contributed by atoms with Gasteiger partial charge in [0, 0.05) is 19.3 Å². The van der Waals surface area contributed by atoms with Crippen molar-refractivity contribution in [2.75, 3.05) is 25.5 Å². The molecule has 1 aliphatic rings. The number of halogens is 5. The molecule has 0 saturated carbocycles. The number of alkyl halides is 5. The minimum atomic E-state index is -6.15. The molecular weight excluding hydrogens is 481 g/mol. The van der Waals surface area contributed by atoms with Crippen LogP contribution in [0.25, 0.3) is 0 Å². The van der Waals surface area contributed by atoms with Gasteiger partial charge in [0.1, 0.15) is 12.1 Å². The fourth-order valence-electron chi connectivity index (χ4n) is 3.37. The van der Waals surface area contributed by atoms with Crippen LogP contribution in [-0.4, -0.2) is 77.7 Å². The van der Waals surface area contributed by atoms with E-state index in [1.807, 2.05) is 6.07 Å². The highest BCUT2D eigenvalue weighted by molar-refractivity contribution is 5.95. The lowest BCUT2D eigenvalue weighted by Crippen LogP contribution is -2.56. The lowest BCUT2D eigenvalue weighted by molar-refractivity contribution is -0.270. The molecule has 0 aliphatic carbocycles.